The van der Waals surface area contributed by atoms with Gasteiger partial charge in [-0.2, -0.15) is 13.2 Å². The normalized spacial score (nSPS) is 14.0. The quantitative estimate of drug-likeness (QED) is 0.298. The van der Waals surface area contributed by atoms with Crippen molar-refractivity contribution in [2.24, 2.45) is 0 Å². The number of hydrogen-bond donors (Lipinski definition) is 3. The number of halogens is 3. The van der Waals surface area contributed by atoms with Crippen molar-refractivity contribution in [3.63, 3.8) is 0 Å². The van der Waals surface area contributed by atoms with Gasteiger partial charge >= 0.3 is 12.1 Å². The van der Waals surface area contributed by atoms with Crippen molar-refractivity contribution >= 4 is 5.97 Å². The maximum atomic E-state index is 13.6. The topological polar surface area (TPSA) is 79.8 Å². The van der Waals surface area contributed by atoms with Crippen LogP contribution < -0.4 is 15.4 Å². The van der Waals surface area contributed by atoms with Gasteiger partial charge in [0.25, 0.3) is 0 Å². The molecule has 2 unspecified atom stereocenters. The Morgan fingerprint density at radius 1 is 0.865 bits per heavy atom. The van der Waals surface area contributed by atoms with Gasteiger partial charge in [0.1, 0.15) is 24.4 Å². The van der Waals surface area contributed by atoms with Crippen molar-refractivity contribution in [3.05, 3.63) is 102 Å². The molecule has 0 aliphatic carbocycles. The molecule has 0 heterocycles. The number of nitrogens with one attached hydrogen (secondary N) is 2. The third-order valence-corrected chi connectivity index (χ3v) is 5.78. The molecule has 3 atom stereocenters. The Labute approximate surface area is 214 Å². The van der Waals surface area contributed by atoms with Gasteiger partial charge in [0.2, 0.25) is 0 Å². The Kier molecular flexibility index (Phi) is 10.5. The third kappa shape index (κ3) is 9.20. The molecule has 3 aromatic carbocycles. The van der Waals surface area contributed by atoms with E-state index in [9.17, 15) is 23.1 Å². The highest BCUT2D eigenvalue weighted by Gasteiger charge is 2.44. The smallest absolute Gasteiger partial charge is 0.406 e. The molecule has 198 valence electrons. The monoisotopic (exact) mass is 516 g/mol. The first-order valence-electron chi connectivity index (χ1n) is 11.8. The van der Waals surface area contributed by atoms with Gasteiger partial charge in [-0.3, -0.25) is 10.1 Å². The lowest BCUT2D eigenvalue weighted by molar-refractivity contribution is -0.178. The molecule has 0 aromatic heterocycles. The summed E-state index contributed by atoms with van der Waals surface area (Å²) in [6.45, 7) is -0.131. The zero-order valence-electron chi connectivity index (χ0n) is 20.4. The van der Waals surface area contributed by atoms with Gasteiger partial charge < -0.3 is 19.9 Å². The molecule has 0 radical (unpaired) electrons. The number of methoxy groups -OCH3 is 1. The van der Waals surface area contributed by atoms with Crippen LogP contribution in [0.25, 0.3) is 0 Å². The average molecular weight is 517 g/mol. The van der Waals surface area contributed by atoms with Crippen LogP contribution in [-0.2, 0) is 29.1 Å². The molecule has 0 aliphatic heterocycles. The van der Waals surface area contributed by atoms with E-state index in [0.717, 1.165) is 11.1 Å². The average Bonchev–Trinajstić information content (AvgIpc) is 2.90. The van der Waals surface area contributed by atoms with E-state index in [1.165, 1.54) is 7.11 Å². The highest BCUT2D eigenvalue weighted by Crippen LogP contribution is 2.23. The van der Waals surface area contributed by atoms with E-state index in [4.69, 9.17) is 9.47 Å². The standard InChI is InChI=1S/C28H31F3N2O4/c1-36-27(35)24(16-20-12-14-23(15-13-20)37-19-22-10-6-3-7-11-22)32-18-25(34)26(28(29,30)31)33-17-21-8-4-2-5-9-21/h2-15,24-26,32-34H,16-19H2,1H3/t24-,25?,26?/m0/s1. The molecule has 0 bridgehead atoms. The number of benzene rings is 3. The Morgan fingerprint density at radius 2 is 1.46 bits per heavy atom. The minimum absolute atomic E-state index is 0.0683. The molecule has 0 saturated carbocycles. The Bertz CT molecular complexity index is 1080. The predicted molar refractivity (Wildman–Crippen MR) is 134 cm³/mol. The Morgan fingerprint density at radius 3 is 2.03 bits per heavy atom. The van der Waals surface area contributed by atoms with Crippen molar-refractivity contribution < 1.29 is 32.5 Å². The lowest BCUT2D eigenvalue weighted by Gasteiger charge is -2.28. The first kappa shape index (κ1) is 28.2. The summed E-state index contributed by atoms with van der Waals surface area (Å²) in [5.41, 5.74) is 2.43. The summed E-state index contributed by atoms with van der Waals surface area (Å²) in [5.74, 6) is 0.000481. The second-order valence-corrected chi connectivity index (χ2v) is 8.56. The van der Waals surface area contributed by atoms with Gasteiger partial charge in [-0.1, -0.05) is 72.8 Å². The summed E-state index contributed by atoms with van der Waals surface area (Å²) >= 11 is 0. The summed E-state index contributed by atoms with van der Waals surface area (Å²) in [4.78, 5) is 12.3. The van der Waals surface area contributed by atoms with Crippen LogP contribution in [0.15, 0.2) is 84.9 Å². The second kappa shape index (κ2) is 13.8. The lowest BCUT2D eigenvalue weighted by atomic mass is 10.0. The van der Waals surface area contributed by atoms with Gasteiger partial charge in [-0.05, 0) is 35.2 Å². The van der Waals surface area contributed by atoms with Crippen LogP contribution in [0.1, 0.15) is 16.7 Å². The maximum Gasteiger partial charge on any atom is 0.406 e. The number of ether oxygens (including phenoxy) is 2. The van der Waals surface area contributed by atoms with Crippen molar-refractivity contribution in [2.75, 3.05) is 13.7 Å². The van der Waals surface area contributed by atoms with Gasteiger partial charge in [0.05, 0.1) is 13.2 Å². The van der Waals surface area contributed by atoms with Crippen LogP contribution in [0, 0.1) is 0 Å². The first-order valence-corrected chi connectivity index (χ1v) is 11.8. The molecule has 0 spiro atoms. The first-order chi connectivity index (χ1) is 17.8. The van der Waals surface area contributed by atoms with Crippen molar-refractivity contribution in [1.82, 2.24) is 10.6 Å². The summed E-state index contributed by atoms with van der Waals surface area (Å²) < 4.78 is 51.4. The number of carbonyl (C=O) groups is 1. The minimum atomic E-state index is -4.69. The molecule has 0 fully saturated rings. The molecule has 37 heavy (non-hydrogen) atoms. The highest BCUT2D eigenvalue weighted by molar-refractivity contribution is 5.76. The lowest BCUT2D eigenvalue weighted by Crippen LogP contribution is -2.55. The SMILES string of the molecule is COC(=O)[C@H](Cc1ccc(OCc2ccccc2)cc1)NCC(O)C(NCc1ccccc1)C(F)(F)F. The van der Waals surface area contributed by atoms with Crippen LogP contribution in [0.3, 0.4) is 0 Å². The van der Waals surface area contributed by atoms with Crippen molar-refractivity contribution in [2.45, 2.75) is 43.9 Å². The van der Waals surface area contributed by atoms with Gasteiger partial charge in [0.15, 0.2) is 0 Å². The van der Waals surface area contributed by atoms with E-state index >= 15 is 0 Å². The van der Waals surface area contributed by atoms with Crippen LogP contribution in [0.4, 0.5) is 13.2 Å². The van der Waals surface area contributed by atoms with E-state index in [1.807, 2.05) is 30.3 Å². The molecule has 3 rings (SSSR count). The van der Waals surface area contributed by atoms with Crippen LogP contribution in [0.2, 0.25) is 0 Å². The fraction of sp³-hybridized carbons (Fsp3) is 0.321. The fourth-order valence-electron chi connectivity index (χ4n) is 3.75. The molecule has 9 heteroatoms. The van der Waals surface area contributed by atoms with Crippen molar-refractivity contribution in [3.8, 4) is 5.75 Å². The van der Waals surface area contributed by atoms with Crippen LogP contribution in [-0.4, -0.2) is 49.1 Å². The van der Waals surface area contributed by atoms with E-state index < -0.39 is 36.9 Å². The van der Waals surface area contributed by atoms with Crippen molar-refractivity contribution in [1.29, 1.82) is 0 Å². The molecule has 3 aromatic rings. The number of aliphatic hydroxyl groups excluding tert-OH is 1. The van der Waals surface area contributed by atoms with Gasteiger partial charge in [0, 0.05) is 13.1 Å². The Balaban J connectivity index is 1.57. The zero-order valence-corrected chi connectivity index (χ0v) is 20.4. The van der Waals surface area contributed by atoms with E-state index in [0.29, 0.717) is 17.9 Å². The van der Waals surface area contributed by atoms with E-state index in [1.54, 1.807) is 54.6 Å². The number of rotatable bonds is 13. The molecular weight excluding hydrogens is 485 g/mol. The summed E-state index contributed by atoms with van der Waals surface area (Å²) in [5, 5.41) is 15.5. The third-order valence-electron chi connectivity index (χ3n) is 5.78. The number of aliphatic hydroxyl groups is 1. The summed E-state index contributed by atoms with van der Waals surface area (Å²) in [7, 11) is 1.20. The summed E-state index contributed by atoms with van der Waals surface area (Å²) in [6.07, 6.45) is -6.36. The highest BCUT2D eigenvalue weighted by atomic mass is 19.4. The van der Waals surface area contributed by atoms with Crippen LogP contribution >= 0.6 is 0 Å². The number of alkyl halides is 3. The molecule has 0 aliphatic rings. The zero-order chi connectivity index (χ0) is 26.7. The molecular formula is C28H31F3N2O4. The molecule has 3 N–H and O–H groups in total. The molecule has 0 amide bonds. The van der Waals surface area contributed by atoms with Crippen LogP contribution in [0.5, 0.6) is 5.75 Å². The number of hydrogen-bond acceptors (Lipinski definition) is 6. The van der Waals surface area contributed by atoms with Gasteiger partial charge in [-0.15, -0.1) is 0 Å². The Hall–Kier alpha value is -3.40. The number of carbonyl (C=O) groups excluding carboxylic acids is 1. The predicted octanol–water partition coefficient (Wildman–Crippen LogP) is 4.02. The van der Waals surface area contributed by atoms with Gasteiger partial charge in [-0.25, -0.2) is 0 Å². The van der Waals surface area contributed by atoms with E-state index in [-0.39, 0.29) is 13.0 Å². The molecule has 6 nitrogen and oxygen atoms in total. The second-order valence-electron chi connectivity index (χ2n) is 8.56. The van der Waals surface area contributed by atoms with E-state index in [2.05, 4.69) is 10.6 Å². The minimum Gasteiger partial charge on any atom is -0.489 e. The fourth-order valence-corrected chi connectivity index (χ4v) is 3.75. The molecule has 0 saturated heterocycles. The summed E-state index contributed by atoms with van der Waals surface area (Å²) in [6, 6.07) is 22.2. The largest absolute Gasteiger partial charge is 0.489 e. The number of esters is 1. The maximum absolute atomic E-state index is 13.6.